The molecule has 0 atom stereocenters. The minimum absolute atomic E-state index is 0.0886. The summed E-state index contributed by atoms with van der Waals surface area (Å²) in [7, 11) is 0. The van der Waals surface area contributed by atoms with Crippen molar-refractivity contribution in [3.05, 3.63) is 56.6 Å². The molecule has 0 fully saturated rings. The number of amides is 1. The van der Waals surface area contributed by atoms with Gasteiger partial charge in [0.1, 0.15) is 0 Å². The molecule has 0 spiro atoms. The van der Waals surface area contributed by atoms with E-state index in [1.165, 1.54) is 27.3 Å². The second kappa shape index (κ2) is 7.28. The predicted molar refractivity (Wildman–Crippen MR) is 103 cm³/mol. The van der Waals surface area contributed by atoms with Crippen LogP contribution in [-0.2, 0) is 6.42 Å². The van der Waals surface area contributed by atoms with Gasteiger partial charge < -0.3 is 0 Å². The quantitative estimate of drug-likeness (QED) is 0.638. The molecular weight excluding hydrogens is 336 g/mol. The predicted octanol–water partition coefficient (Wildman–Crippen LogP) is 5.69. The van der Waals surface area contributed by atoms with Gasteiger partial charge in [0.05, 0.1) is 10.6 Å². The van der Waals surface area contributed by atoms with Gasteiger partial charge in [0, 0.05) is 10.4 Å². The number of carbonyl (C=O) groups excluding carboxylic acids is 1. The zero-order chi connectivity index (χ0) is 17.1. The van der Waals surface area contributed by atoms with Crippen molar-refractivity contribution < 1.29 is 4.79 Å². The summed E-state index contributed by atoms with van der Waals surface area (Å²) in [6, 6.07) is 10.1. The van der Waals surface area contributed by atoms with E-state index in [0.29, 0.717) is 10.0 Å². The van der Waals surface area contributed by atoms with Crippen LogP contribution < -0.4 is 5.32 Å². The molecule has 0 radical (unpaired) electrons. The minimum Gasteiger partial charge on any atom is -0.297 e. The van der Waals surface area contributed by atoms with Crippen LogP contribution in [0.3, 0.4) is 0 Å². The van der Waals surface area contributed by atoms with E-state index in [-0.39, 0.29) is 5.91 Å². The van der Waals surface area contributed by atoms with Crippen molar-refractivity contribution in [3.63, 3.8) is 0 Å². The molecule has 0 aliphatic heterocycles. The second-order valence-electron chi connectivity index (χ2n) is 5.79. The first-order chi connectivity index (χ1) is 11.6. The summed E-state index contributed by atoms with van der Waals surface area (Å²) in [6.07, 6.45) is 2.02. The molecule has 0 saturated carbocycles. The van der Waals surface area contributed by atoms with Crippen LogP contribution in [-0.4, -0.2) is 10.9 Å². The highest BCUT2D eigenvalue weighted by atomic mass is 32.1. The van der Waals surface area contributed by atoms with E-state index >= 15 is 0 Å². The Morgan fingerprint density at radius 3 is 2.79 bits per heavy atom. The molecule has 1 aromatic carbocycles. The number of rotatable bonds is 5. The lowest BCUT2D eigenvalue weighted by Crippen LogP contribution is -2.09. The molecule has 0 bridgehead atoms. The van der Waals surface area contributed by atoms with E-state index < -0.39 is 0 Å². The zero-order valence-electron chi connectivity index (χ0n) is 14.1. The normalized spacial score (nSPS) is 10.8. The van der Waals surface area contributed by atoms with E-state index in [9.17, 15) is 4.79 Å². The average molecular weight is 357 g/mol. The van der Waals surface area contributed by atoms with Gasteiger partial charge in [-0.25, -0.2) is 4.98 Å². The fourth-order valence-corrected chi connectivity index (χ4v) is 4.26. The van der Waals surface area contributed by atoms with E-state index in [1.807, 2.05) is 17.5 Å². The number of nitrogens with zero attached hydrogens (tertiary/aromatic N) is 1. The summed E-state index contributed by atoms with van der Waals surface area (Å²) in [6.45, 7) is 6.36. The molecule has 0 unspecified atom stereocenters. The largest absolute Gasteiger partial charge is 0.297 e. The van der Waals surface area contributed by atoms with Gasteiger partial charge in [-0.15, -0.1) is 22.7 Å². The Morgan fingerprint density at radius 1 is 1.25 bits per heavy atom. The van der Waals surface area contributed by atoms with Crippen LogP contribution in [0.5, 0.6) is 0 Å². The number of hydrogen-bond acceptors (Lipinski definition) is 4. The van der Waals surface area contributed by atoms with E-state index in [2.05, 4.69) is 44.3 Å². The van der Waals surface area contributed by atoms with Gasteiger partial charge in [-0.1, -0.05) is 37.1 Å². The number of nitrogens with one attached hydrogen (secondary N) is 1. The van der Waals surface area contributed by atoms with Crippen molar-refractivity contribution >= 4 is 33.7 Å². The Hall–Kier alpha value is -1.98. The van der Waals surface area contributed by atoms with Gasteiger partial charge in [0.15, 0.2) is 5.13 Å². The van der Waals surface area contributed by atoms with E-state index in [4.69, 9.17) is 4.98 Å². The summed E-state index contributed by atoms with van der Waals surface area (Å²) in [5.41, 5.74) is 4.59. The molecule has 1 N–H and O–H groups in total. The molecule has 3 rings (SSSR count). The number of anilines is 1. The van der Waals surface area contributed by atoms with Crippen LogP contribution in [0.1, 0.15) is 39.0 Å². The van der Waals surface area contributed by atoms with Gasteiger partial charge in [-0.2, -0.15) is 0 Å². The highest BCUT2D eigenvalue weighted by Crippen LogP contribution is 2.34. The van der Waals surface area contributed by atoms with Gasteiger partial charge in [0.2, 0.25) is 0 Å². The lowest BCUT2D eigenvalue weighted by atomic mass is 10.0. The lowest BCUT2D eigenvalue weighted by Gasteiger charge is -2.06. The number of carbonyl (C=O) groups is 1. The Bertz CT molecular complexity index is 850. The molecular formula is C19H20N2OS2. The van der Waals surface area contributed by atoms with Crippen molar-refractivity contribution in [3.8, 4) is 11.3 Å². The Balaban J connectivity index is 1.96. The Kier molecular flexibility index (Phi) is 5.11. The maximum atomic E-state index is 12.3. The van der Waals surface area contributed by atoms with Crippen LogP contribution in [0, 0.1) is 13.8 Å². The first-order valence-electron chi connectivity index (χ1n) is 8.00. The highest BCUT2D eigenvalue weighted by molar-refractivity contribution is 7.16. The molecule has 124 valence electrons. The molecule has 2 heterocycles. The maximum Gasteiger partial charge on any atom is 0.267 e. The SMILES string of the molecule is CCCc1sc(NC(=O)c2cccs2)nc1-c1cc(C)ccc1C. The Morgan fingerprint density at radius 2 is 2.08 bits per heavy atom. The van der Waals surface area contributed by atoms with E-state index in [0.717, 1.165) is 24.1 Å². The highest BCUT2D eigenvalue weighted by Gasteiger charge is 2.17. The molecule has 0 aliphatic rings. The smallest absolute Gasteiger partial charge is 0.267 e. The summed E-state index contributed by atoms with van der Waals surface area (Å²) in [5.74, 6) is -0.0886. The maximum absolute atomic E-state index is 12.3. The van der Waals surface area contributed by atoms with Gasteiger partial charge in [-0.05, 0) is 43.3 Å². The first-order valence-corrected chi connectivity index (χ1v) is 9.70. The molecule has 3 nitrogen and oxygen atoms in total. The number of thiophene rings is 1. The van der Waals surface area contributed by atoms with Crippen molar-refractivity contribution in [2.24, 2.45) is 0 Å². The van der Waals surface area contributed by atoms with E-state index in [1.54, 1.807) is 11.3 Å². The first kappa shape index (κ1) is 16.9. The fraction of sp³-hybridized carbons (Fsp3) is 0.263. The number of benzene rings is 1. The zero-order valence-corrected chi connectivity index (χ0v) is 15.7. The van der Waals surface area contributed by atoms with Crippen LogP contribution in [0.2, 0.25) is 0 Å². The third-order valence-electron chi connectivity index (χ3n) is 3.79. The summed E-state index contributed by atoms with van der Waals surface area (Å²) in [4.78, 5) is 19.0. The third kappa shape index (κ3) is 3.57. The van der Waals surface area contributed by atoms with Gasteiger partial charge in [0.25, 0.3) is 5.91 Å². The summed E-state index contributed by atoms with van der Waals surface area (Å²) in [5, 5.41) is 5.52. The van der Waals surface area contributed by atoms with Crippen molar-refractivity contribution in [2.75, 3.05) is 5.32 Å². The van der Waals surface area contributed by atoms with Crippen LogP contribution in [0.4, 0.5) is 5.13 Å². The van der Waals surface area contributed by atoms with Crippen LogP contribution in [0.25, 0.3) is 11.3 Å². The van der Waals surface area contributed by atoms with Crippen molar-refractivity contribution in [1.29, 1.82) is 0 Å². The molecule has 0 saturated heterocycles. The fourth-order valence-electron chi connectivity index (χ4n) is 2.57. The Labute approximate surface area is 150 Å². The summed E-state index contributed by atoms with van der Waals surface area (Å²) < 4.78 is 0. The summed E-state index contributed by atoms with van der Waals surface area (Å²) >= 11 is 3.02. The average Bonchev–Trinajstić information content (AvgIpc) is 3.20. The molecule has 3 aromatic rings. The third-order valence-corrected chi connectivity index (χ3v) is 5.69. The number of hydrogen-bond donors (Lipinski definition) is 1. The standard InChI is InChI=1S/C19H20N2OS2/c1-4-6-15-17(14-11-12(2)8-9-13(14)3)20-19(24-15)21-18(22)16-7-5-10-23-16/h5,7-11H,4,6H2,1-3H3,(H,20,21,22). The molecule has 24 heavy (non-hydrogen) atoms. The minimum atomic E-state index is -0.0886. The van der Waals surface area contributed by atoms with Crippen molar-refractivity contribution in [1.82, 2.24) is 4.98 Å². The molecule has 2 aromatic heterocycles. The number of aryl methyl sites for hydroxylation is 3. The number of aromatic nitrogens is 1. The second-order valence-corrected chi connectivity index (χ2v) is 7.82. The molecule has 0 aliphatic carbocycles. The molecule has 1 amide bonds. The van der Waals surface area contributed by atoms with Crippen LogP contribution in [0.15, 0.2) is 35.7 Å². The van der Waals surface area contributed by atoms with Crippen molar-refractivity contribution in [2.45, 2.75) is 33.6 Å². The molecule has 5 heteroatoms. The van der Waals surface area contributed by atoms with Gasteiger partial charge in [-0.3, -0.25) is 10.1 Å². The van der Waals surface area contributed by atoms with Gasteiger partial charge >= 0.3 is 0 Å². The monoisotopic (exact) mass is 356 g/mol. The lowest BCUT2D eigenvalue weighted by molar-refractivity contribution is 0.103. The number of thiazole rings is 1. The van der Waals surface area contributed by atoms with Crippen LogP contribution >= 0.6 is 22.7 Å². The topological polar surface area (TPSA) is 42.0 Å².